The second-order valence-electron chi connectivity index (χ2n) is 16.8. The van der Waals surface area contributed by atoms with Gasteiger partial charge >= 0.3 is 0 Å². The number of fused-ring (bicyclic) bond motifs is 10. The van der Waals surface area contributed by atoms with Crippen molar-refractivity contribution in [3.8, 4) is 33.4 Å². The molecule has 0 N–H and O–H groups in total. The zero-order valence-corrected chi connectivity index (χ0v) is 30.4. The molecule has 5 aliphatic rings. The van der Waals surface area contributed by atoms with E-state index in [2.05, 4.69) is 146 Å². The molecule has 0 amide bonds. The van der Waals surface area contributed by atoms with Crippen LogP contribution in [0, 0.1) is 23.7 Å². The van der Waals surface area contributed by atoms with Gasteiger partial charge in [-0.15, -0.1) is 11.3 Å². The Morgan fingerprint density at radius 1 is 0.396 bits per heavy atom. The molecule has 1 heterocycles. The Bertz CT molecular complexity index is 2940. The topological polar surface area (TPSA) is 0 Å². The highest BCUT2D eigenvalue weighted by Crippen LogP contribution is 2.70. The highest BCUT2D eigenvalue weighted by atomic mass is 32.1. The Kier molecular flexibility index (Phi) is 5.77. The van der Waals surface area contributed by atoms with E-state index in [1.807, 2.05) is 11.3 Å². The average Bonchev–Trinajstić information content (AvgIpc) is 3.72. The number of thiophene rings is 1. The minimum absolute atomic E-state index is 0.152. The Labute approximate surface area is 313 Å². The van der Waals surface area contributed by atoms with Gasteiger partial charge in [0, 0.05) is 25.6 Å². The van der Waals surface area contributed by atoms with Crippen LogP contribution in [0.5, 0.6) is 0 Å². The first-order chi connectivity index (χ1) is 26.2. The lowest BCUT2D eigenvalue weighted by atomic mass is 9.43. The van der Waals surface area contributed by atoms with Crippen molar-refractivity contribution < 1.29 is 0 Å². The molecule has 0 unspecified atom stereocenters. The largest absolute Gasteiger partial charge is 0.135 e. The quantitative estimate of drug-likeness (QED) is 0.158. The van der Waals surface area contributed by atoms with Crippen LogP contribution in [0.3, 0.4) is 0 Å². The standard InChI is InChI=1S/C52H38S/c1-2-10-37-32(9-1)17-21-46-51(37)44-29-33(18-20-45(44)52(46)35-24-30-23-31(26-35)27-36(52)25-30)49-39-12-3-5-14-41(39)50(42-15-6-4-13-40(42)49)34-19-22-48-43(28-34)38-11-7-8-16-47(38)53-48/h1-22,28-31,35-36H,23-27H2. The molecule has 0 aliphatic heterocycles. The van der Waals surface area contributed by atoms with Gasteiger partial charge in [-0.1, -0.05) is 121 Å². The van der Waals surface area contributed by atoms with Gasteiger partial charge in [0.2, 0.25) is 0 Å². The number of rotatable bonds is 2. The summed E-state index contributed by atoms with van der Waals surface area (Å²) in [5, 5.41) is 10.8. The SMILES string of the molecule is c1ccc2c3c(ccc2c1)C1(c2ccc(-c4c5ccccc5c(-c5ccc6sc7ccccc7c6c5)c5ccccc45)cc2-3)C2CC3CC(C2)CC1C3. The molecular weight excluding hydrogens is 657 g/mol. The molecule has 4 saturated carbocycles. The molecule has 9 aromatic rings. The van der Waals surface area contributed by atoms with Crippen LogP contribution in [-0.2, 0) is 5.41 Å². The number of hydrogen-bond acceptors (Lipinski definition) is 1. The lowest BCUT2D eigenvalue weighted by molar-refractivity contribution is -0.0399. The van der Waals surface area contributed by atoms with E-state index in [0.717, 1.165) is 23.7 Å². The van der Waals surface area contributed by atoms with Crippen LogP contribution in [0.2, 0.25) is 0 Å². The van der Waals surface area contributed by atoms with Crippen molar-refractivity contribution in [1.29, 1.82) is 0 Å². The molecule has 14 rings (SSSR count). The van der Waals surface area contributed by atoms with Gasteiger partial charge in [-0.05, 0) is 157 Å². The lowest BCUT2D eigenvalue weighted by Gasteiger charge is -2.61. The van der Waals surface area contributed by atoms with Crippen molar-refractivity contribution in [2.24, 2.45) is 23.7 Å². The molecule has 5 aliphatic carbocycles. The minimum Gasteiger partial charge on any atom is -0.135 e. The van der Waals surface area contributed by atoms with Gasteiger partial charge < -0.3 is 0 Å². The molecule has 8 aromatic carbocycles. The summed E-state index contributed by atoms with van der Waals surface area (Å²) < 4.78 is 2.70. The summed E-state index contributed by atoms with van der Waals surface area (Å²) >= 11 is 1.89. The maximum absolute atomic E-state index is 2.62. The molecule has 0 atom stereocenters. The van der Waals surface area contributed by atoms with Gasteiger partial charge in [-0.3, -0.25) is 0 Å². The zero-order valence-electron chi connectivity index (χ0n) is 29.6. The number of hydrogen-bond donors (Lipinski definition) is 0. The fourth-order valence-corrected chi connectivity index (χ4v) is 13.8. The molecule has 0 saturated heterocycles. The van der Waals surface area contributed by atoms with Gasteiger partial charge in [0.05, 0.1) is 0 Å². The predicted octanol–water partition coefficient (Wildman–Crippen LogP) is 14.6. The molecule has 1 heteroatoms. The molecule has 0 radical (unpaired) electrons. The maximum atomic E-state index is 2.62. The van der Waals surface area contributed by atoms with Crippen LogP contribution in [0.4, 0.5) is 0 Å². The minimum atomic E-state index is 0.152. The van der Waals surface area contributed by atoms with Crippen LogP contribution in [0.1, 0.15) is 43.2 Å². The zero-order chi connectivity index (χ0) is 34.4. The summed E-state index contributed by atoms with van der Waals surface area (Å²) in [5.41, 5.74) is 11.8. The summed E-state index contributed by atoms with van der Waals surface area (Å²) in [4.78, 5) is 0. The Morgan fingerprint density at radius 2 is 0.925 bits per heavy atom. The van der Waals surface area contributed by atoms with Crippen molar-refractivity contribution >= 4 is 63.8 Å². The van der Waals surface area contributed by atoms with E-state index in [0.29, 0.717) is 0 Å². The first-order valence-corrected chi connectivity index (χ1v) is 20.6. The molecule has 4 bridgehead atoms. The Hall–Kier alpha value is -5.24. The molecule has 0 nitrogen and oxygen atoms in total. The number of benzene rings is 8. The average molecular weight is 695 g/mol. The molecular formula is C52H38S. The van der Waals surface area contributed by atoms with Gasteiger partial charge in [-0.2, -0.15) is 0 Å². The van der Waals surface area contributed by atoms with Crippen LogP contribution < -0.4 is 0 Å². The molecule has 1 aromatic heterocycles. The van der Waals surface area contributed by atoms with Crippen LogP contribution in [0.15, 0.2) is 146 Å². The van der Waals surface area contributed by atoms with Crippen molar-refractivity contribution in [2.75, 3.05) is 0 Å². The summed E-state index contributed by atoms with van der Waals surface area (Å²) in [6, 6.07) is 56.3. The van der Waals surface area contributed by atoms with Gasteiger partial charge in [0.15, 0.2) is 0 Å². The van der Waals surface area contributed by atoms with Crippen LogP contribution in [-0.4, -0.2) is 0 Å². The second kappa shape index (κ2) is 10.5. The summed E-state index contributed by atoms with van der Waals surface area (Å²) in [6.07, 6.45) is 7.11. The van der Waals surface area contributed by atoms with Gasteiger partial charge in [0.1, 0.15) is 0 Å². The highest BCUT2D eigenvalue weighted by Gasteiger charge is 2.61. The lowest BCUT2D eigenvalue weighted by Crippen LogP contribution is -2.55. The smallest absolute Gasteiger partial charge is 0.0355 e. The monoisotopic (exact) mass is 694 g/mol. The predicted molar refractivity (Wildman–Crippen MR) is 226 cm³/mol. The molecule has 252 valence electrons. The summed E-state index contributed by atoms with van der Waals surface area (Å²) in [5.74, 6) is 3.38. The molecule has 4 fully saturated rings. The van der Waals surface area contributed by atoms with E-state index in [1.54, 1.807) is 11.1 Å². The Balaban J connectivity index is 1.09. The van der Waals surface area contributed by atoms with Crippen molar-refractivity contribution in [2.45, 2.75) is 37.5 Å². The van der Waals surface area contributed by atoms with E-state index >= 15 is 0 Å². The van der Waals surface area contributed by atoms with E-state index in [1.165, 1.54) is 118 Å². The molecule has 1 spiro atoms. The van der Waals surface area contributed by atoms with E-state index < -0.39 is 0 Å². The normalized spacial score (nSPS) is 23.9. The first-order valence-electron chi connectivity index (χ1n) is 19.8. The van der Waals surface area contributed by atoms with E-state index in [9.17, 15) is 0 Å². The van der Waals surface area contributed by atoms with Crippen molar-refractivity contribution in [3.63, 3.8) is 0 Å². The highest BCUT2D eigenvalue weighted by molar-refractivity contribution is 7.25. The fraction of sp³-hybridized carbons (Fsp3) is 0.192. The molecule has 53 heavy (non-hydrogen) atoms. The maximum Gasteiger partial charge on any atom is 0.0355 e. The summed E-state index contributed by atoms with van der Waals surface area (Å²) in [6.45, 7) is 0. The van der Waals surface area contributed by atoms with Gasteiger partial charge in [0.25, 0.3) is 0 Å². The summed E-state index contributed by atoms with van der Waals surface area (Å²) in [7, 11) is 0. The Morgan fingerprint density at radius 3 is 1.60 bits per heavy atom. The van der Waals surface area contributed by atoms with E-state index in [-0.39, 0.29) is 5.41 Å². The van der Waals surface area contributed by atoms with Crippen LogP contribution >= 0.6 is 11.3 Å². The van der Waals surface area contributed by atoms with E-state index in [4.69, 9.17) is 0 Å². The van der Waals surface area contributed by atoms with Crippen LogP contribution in [0.25, 0.3) is 85.9 Å². The fourth-order valence-electron chi connectivity index (χ4n) is 12.8. The van der Waals surface area contributed by atoms with Gasteiger partial charge in [-0.25, -0.2) is 0 Å². The third-order valence-electron chi connectivity index (χ3n) is 14.4. The first kappa shape index (κ1) is 29.2. The van der Waals surface area contributed by atoms with Crippen molar-refractivity contribution in [3.05, 3.63) is 157 Å². The third-order valence-corrected chi connectivity index (χ3v) is 15.6. The third kappa shape index (κ3) is 3.76. The second-order valence-corrected chi connectivity index (χ2v) is 17.9. The van der Waals surface area contributed by atoms with Crippen molar-refractivity contribution in [1.82, 2.24) is 0 Å².